The highest BCUT2D eigenvalue weighted by Gasteiger charge is 2.34. The first-order valence-corrected chi connectivity index (χ1v) is 5.49. The van der Waals surface area contributed by atoms with Gasteiger partial charge in [-0.1, -0.05) is 18.2 Å². The molecule has 1 aliphatic heterocycles. The number of hydrogen-bond donors (Lipinski definition) is 1. The maximum Gasteiger partial charge on any atom is 0.418 e. The highest BCUT2D eigenvalue weighted by atomic mass is 19.4. The summed E-state index contributed by atoms with van der Waals surface area (Å²) in [5, 5.41) is 0. The van der Waals surface area contributed by atoms with E-state index in [2.05, 4.69) is 0 Å². The third kappa shape index (κ3) is 2.78. The van der Waals surface area contributed by atoms with Crippen LogP contribution in [0.25, 0.3) is 0 Å². The van der Waals surface area contributed by atoms with Gasteiger partial charge in [-0.05, 0) is 18.2 Å². The summed E-state index contributed by atoms with van der Waals surface area (Å²) in [6.07, 6.45) is 0.0290. The van der Waals surface area contributed by atoms with Crippen molar-refractivity contribution in [3.63, 3.8) is 0 Å². The normalized spacial score (nSPS) is 15.3. The summed E-state index contributed by atoms with van der Waals surface area (Å²) >= 11 is 0. The smallest absolute Gasteiger partial charge is 0.366 e. The molecule has 0 aromatic heterocycles. The fourth-order valence-corrected chi connectivity index (χ4v) is 1.84. The number of carbonyl (C=O) groups excluding carboxylic acids is 1. The summed E-state index contributed by atoms with van der Waals surface area (Å²) in [7, 11) is 0. The Bertz CT molecular complexity index is 561. The van der Waals surface area contributed by atoms with E-state index in [4.69, 9.17) is 5.73 Å². The fraction of sp³-hybridized carbons (Fsp3) is 0.154. The molecule has 1 amide bonds. The first kappa shape index (κ1) is 13.2. The van der Waals surface area contributed by atoms with Crippen LogP contribution < -0.4 is 10.6 Å². The standard InChI is InChI=1S/C13H11F3N2O/c14-13(15,16)10-5-1-2-6-11(10)18-7-3-4-9(8-18)12(17)19/h1-7H,8H2,(H2,17,19). The summed E-state index contributed by atoms with van der Waals surface area (Å²) in [6.45, 7) is 0.0267. The van der Waals surface area contributed by atoms with Crippen molar-refractivity contribution < 1.29 is 18.0 Å². The molecule has 0 atom stereocenters. The van der Waals surface area contributed by atoms with E-state index in [0.717, 1.165) is 6.07 Å². The molecule has 1 aliphatic rings. The first-order chi connectivity index (χ1) is 8.89. The van der Waals surface area contributed by atoms with Crippen LogP contribution in [0, 0.1) is 0 Å². The van der Waals surface area contributed by atoms with Gasteiger partial charge in [0, 0.05) is 11.8 Å². The van der Waals surface area contributed by atoms with E-state index in [-0.39, 0.29) is 17.8 Å². The number of anilines is 1. The van der Waals surface area contributed by atoms with Crippen LogP contribution in [0.3, 0.4) is 0 Å². The Morgan fingerprint density at radius 3 is 2.58 bits per heavy atom. The Kier molecular flexibility index (Phi) is 3.33. The number of hydrogen-bond acceptors (Lipinski definition) is 2. The third-order valence-electron chi connectivity index (χ3n) is 2.74. The van der Waals surface area contributed by atoms with Crippen molar-refractivity contribution in [2.24, 2.45) is 5.73 Å². The molecule has 1 aromatic carbocycles. The lowest BCUT2D eigenvalue weighted by Gasteiger charge is -2.26. The molecule has 0 aliphatic carbocycles. The lowest BCUT2D eigenvalue weighted by Crippen LogP contribution is -2.29. The number of halogens is 3. The van der Waals surface area contributed by atoms with Crippen LogP contribution in [-0.2, 0) is 11.0 Å². The van der Waals surface area contributed by atoms with Crippen molar-refractivity contribution in [1.29, 1.82) is 0 Å². The average Bonchev–Trinajstić information content (AvgIpc) is 2.38. The quantitative estimate of drug-likeness (QED) is 0.895. The van der Waals surface area contributed by atoms with Gasteiger partial charge in [0.15, 0.2) is 0 Å². The van der Waals surface area contributed by atoms with Gasteiger partial charge < -0.3 is 10.6 Å². The summed E-state index contributed by atoms with van der Waals surface area (Å²) < 4.78 is 38.7. The number of amides is 1. The van der Waals surface area contributed by atoms with Gasteiger partial charge in [0.05, 0.1) is 17.8 Å². The Hall–Kier alpha value is -2.24. The number of allylic oxidation sites excluding steroid dienone is 2. The van der Waals surface area contributed by atoms with E-state index in [1.807, 2.05) is 0 Å². The topological polar surface area (TPSA) is 46.3 Å². The molecule has 1 aromatic rings. The van der Waals surface area contributed by atoms with E-state index in [1.54, 1.807) is 0 Å². The highest BCUT2D eigenvalue weighted by molar-refractivity contribution is 5.93. The predicted molar refractivity (Wildman–Crippen MR) is 65.2 cm³/mol. The molecule has 19 heavy (non-hydrogen) atoms. The highest BCUT2D eigenvalue weighted by Crippen LogP contribution is 2.37. The summed E-state index contributed by atoms with van der Waals surface area (Å²) in [4.78, 5) is 12.4. The SMILES string of the molecule is NC(=O)C1=CC=CN(c2ccccc2C(F)(F)F)C1. The second kappa shape index (κ2) is 4.79. The summed E-state index contributed by atoms with van der Waals surface area (Å²) in [6, 6.07) is 5.20. The molecule has 0 spiro atoms. The van der Waals surface area contributed by atoms with E-state index in [9.17, 15) is 18.0 Å². The molecule has 3 nitrogen and oxygen atoms in total. The zero-order valence-corrected chi connectivity index (χ0v) is 9.82. The van der Waals surface area contributed by atoms with Gasteiger partial charge in [-0.25, -0.2) is 0 Å². The lowest BCUT2D eigenvalue weighted by atomic mass is 10.1. The molecule has 0 saturated carbocycles. The van der Waals surface area contributed by atoms with Crippen molar-refractivity contribution >= 4 is 11.6 Å². The number of nitrogens with two attached hydrogens (primary N) is 1. The van der Waals surface area contributed by atoms with Crippen molar-refractivity contribution in [3.8, 4) is 0 Å². The molecule has 0 bridgehead atoms. The molecule has 2 rings (SSSR count). The molecule has 1 heterocycles. The number of para-hydroxylation sites is 1. The third-order valence-corrected chi connectivity index (χ3v) is 2.74. The molecule has 0 saturated heterocycles. The van der Waals surface area contributed by atoms with Gasteiger partial charge in [0.25, 0.3) is 0 Å². The zero-order valence-electron chi connectivity index (χ0n) is 9.82. The van der Waals surface area contributed by atoms with E-state index in [1.165, 1.54) is 41.5 Å². The van der Waals surface area contributed by atoms with Gasteiger partial charge in [-0.3, -0.25) is 4.79 Å². The first-order valence-electron chi connectivity index (χ1n) is 5.49. The number of alkyl halides is 3. The second-order valence-corrected chi connectivity index (χ2v) is 4.04. The maximum absolute atomic E-state index is 12.9. The van der Waals surface area contributed by atoms with E-state index >= 15 is 0 Å². The maximum atomic E-state index is 12.9. The molecular formula is C13H11F3N2O. The summed E-state index contributed by atoms with van der Waals surface area (Å²) in [5.41, 5.74) is 4.66. The van der Waals surface area contributed by atoms with Crippen LogP contribution in [0.15, 0.2) is 48.2 Å². The van der Waals surface area contributed by atoms with Crippen LogP contribution in [0.4, 0.5) is 18.9 Å². The number of benzene rings is 1. The van der Waals surface area contributed by atoms with Crippen LogP contribution in [0.2, 0.25) is 0 Å². The fourth-order valence-electron chi connectivity index (χ4n) is 1.84. The molecular weight excluding hydrogens is 257 g/mol. The number of rotatable bonds is 2. The van der Waals surface area contributed by atoms with E-state index < -0.39 is 17.6 Å². The van der Waals surface area contributed by atoms with Gasteiger partial charge in [-0.15, -0.1) is 0 Å². The Morgan fingerprint density at radius 2 is 1.95 bits per heavy atom. The van der Waals surface area contributed by atoms with Crippen molar-refractivity contribution in [3.05, 3.63) is 53.8 Å². The van der Waals surface area contributed by atoms with Gasteiger partial charge in [-0.2, -0.15) is 13.2 Å². The van der Waals surface area contributed by atoms with Crippen LogP contribution in [0.1, 0.15) is 5.56 Å². The molecule has 0 unspecified atom stereocenters. The predicted octanol–water partition coefficient (Wildman–Crippen LogP) is 2.45. The Labute approximate surface area is 107 Å². The molecule has 2 N–H and O–H groups in total. The Balaban J connectivity index is 2.37. The molecule has 100 valence electrons. The van der Waals surface area contributed by atoms with Gasteiger partial charge in [0.1, 0.15) is 0 Å². The largest absolute Gasteiger partial charge is 0.418 e. The van der Waals surface area contributed by atoms with Crippen LogP contribution in [0.5, 0.6) is 0 Å². The number of primary amides is 1. The van der Waals surface area contributed by atoms with Gasteiger partial charge in [0.2, 0.25) is 5.91 Å². The lowest BCUT2D eigenvalue weighted by molar-refractivity contribution is -0.137. The van der Waals surface area contributed by atoms with Crippen molar-refractivity contribution in [2.45, 2.75) is 6.18 Å². The molecule has 0 fully saturated rings. The number of carbonyl (C=O) groups is 1. The van der Waals surface area contributed by atoms with Crippen LogP contribution >= 0.6 is 0 Å². The molecule has 6 heteroatoms. The second-order valence-electron chi connectivity index (χ2n) is 4.04. The minimum atomic E-state index is -4.45. The minimum absolute atomic E-state index is 0.00176. The molecule has 0 radical (unpaired) electrons. The van der Waals surface area contributed by atoms with Gasteiger partial charge >= 0.3 is 6.18 Å². The Morgan fingerprint density at radius 1 is 1.26 bits per heavy atom. The van der Waals surface area contributed by atoms with E-state index in [0.29, 0.717) is 0 Å². The number of nitrogens with zero attached hydrogens (tertiary/aromatic N) is 1. The monoisotopic (exact) mass is 268 g/mol. The average molecular weight is 268 g/mol. The van der Waals surface area contributed by atoms with Crippen molar-refractivity contribution in [1.82, 2.24) is 0 Å². The van der Waals surface area contributed by atoms with Crippen molar-refractivity contribution in [2.75, 3.05) is 11.4 Å². The van der Waals surface area contributed by atoms with Crippen LogP contribution in [-0.4, -0.2) is 12.5 Å². The minimum Gasteiger partial charge on any atom is -0.366 e. The summed E-state index contributed by atoms with van der Waals surface area (Å²) in [5.74, 6) is -0.640. The zero-order chi connectivity index (χ0) is 14.0.